The molecule has 30 heavy (non-hydrogen) atoms. The fraction of sp³-hybridized carbons (Fsp3) is 0.250. The smallest absolute Gasteiger partial charge is 0.265 e. The van der Waals surface area contributed by atoms with Crippen LogP contribution >= 0.6 is 11.3 Å². The second-order valence-electron chi connectivity index (χ2n) is 7.50. The molecule has 1 fully saturated rings. The monoisotopic (exact) mass is 419 g/mol. The van der Waals surface area contributed by atoms with Crippen molar-refractivity contribution in [1.82, 2.24) is 9.80 Å². The zero-order valence-corrected chi connectivity index (χ0v) is 17.8. The zero-order valence-electron chi connectivity index (χ0n) is 17.0. The van der Waals surface area contributed by atoms with Crippen LogP contribution in [0.2, 0.25) is 0 Å². The molecule has 0 aliphatic carbocycles. The molecule has 154 valence electrons. The van der Waals surface area contributed by atoms with Gasteiger partial charge in [0, 0.05) is 44.0 Å². The summed E-state index contributed by atoms with van der Waals surface area (Å²) in [5, 5.41) is 4.74. The molecule has 6 heteroatoms. The van der Waals surface area contributed by atoms with Gasteiger partial charge in [-0.15, -0.1) is 11.3 Å². The fourth-order valence-corrected chi connectivity index (χ4v) is 4.24. The molecule has 5 nitrogen and oxygen atoms in total. The molecular formula is C24H25N3O2S. The van der Waals surface area contributed by atoms with E-state index in [1.165, 1.54) is 22.5 Å². The zero-order chi connectivity index (χ0) is 20.9. The van der Waals surface area contributed by atoms with Crippen LogP contribution in [0.1, 0.15) is 31.2 Å². The highest BCUT2D eigenvalue weighted by atomic mass is 32.1. The van der Waals surface area contributed by atoms with Gasteiger partial charge in [0.15, 0.2) is 0 Å². The quantitative estimate of drug-likeness (QED) is 0.672. The van der Waals surface area contributed by atoms with E-state index < -0.39 is 0 Å². The van der Waals surface area contributed by atoms with Crippen molar-refractivity contribution in [3.05, 3.63) is 87.6 Å². The fourth-order valence-electron chi connectivity index (χ4n) is 3.62. The van der Waals surface area contributed by atoms with Crippen LogP contribution in [-0.4, -0.2) is 47.8 Å². The number of benzene rings is 2. The van der Waals surface area contributed by atoms with Crippen LogP contribution < -0.4 is 5.32 Å². The van der Waals surface area contributed by atoms with E-state index >= 15 is 0 Å². The van der Waals surface area contributed by atoms with Crippen LogP contribution in [0.4, 0.5) is 5.69 Å². The summed E-state index contributed by atoms with van der Waals surface area (Å²) >= 11 is 1.40. The van der Waals surface area contributed by atoms with Gasteiger partial charge in [0.25, 0.3) is 11.8 Å². The minimum absolute atomic E-state index is 0.0432. The van der Waals surface area contributed by atoms with Gasteiger partial charge >= 0.3 is 0 Å². The van der Waals surface area contributed by atoms with Crippen molar-refractivity contribution in [3.8, 4) is 0 Å². The molecule has 0 saturated carbocycles. The van der Waals surface area contributed by atoms with Crippen LogP contribution in [0.3, 0.4) is 0 Å². The molecule has 1 aromatic heterocycles. The van der Waals surface area contributed by atoms with Gasteiger partial charge in [-0.05, 0) is 53.8 Å². The topological polar surface area (TPSA) is 52.6 Å². The number of aryl methyl sites for hydroxylation is 1. The summed E-state index contributed by atoms with van der Waals surface area (Å²) in [7, 11) is 0. The van der Waals surface area contributed by atoms with Crippen LogP contribution in [0.5, 0.6) is 0 Å². The van der Waals surface area contributed by atoms with E-state index in [-0.39, 0.29) is 11.8 Å². The number of carbonyl (C=O) groups is 2. The average molecular weight is 420 g/mol. The molecule has 4 rings (SSSR count). The summed E-state index contributed by atoms with van der Waals surface area (Å²) in [4.78, 5) is 30.0. The van der Waals surface area contributed by atoms with Crippen LogP contribution in [0.25, 0.3) is 0 Å². The van der Waals surface area contributed by atoms with Gasteiger partial charge in [0.1, 0.15) is 0 Å². The van der Waals surface area contributed by atoms with Gasteiger partial charge in [0.05, 0.1) is 4.88 Å². The summed E-state index contributed by atoms with van der Waals surface area (Å²) in [6, 6.07) is 19.2. The first-order valence-electron chi connectivity index (χ1n) is 10.1. The number of hydrogen-bond donors (Lipinski definition) is 1. The Morgan fingerprint density at radius 1 is 0.933 bits per heavy atom. The van der Waals surface area contributed by atoms with Crippen molar-refractivity contribution in [2.24, 2.45) is 0 Å². The Hall–Kier alpha value is -2.96. The van der Waals surface area contributed by atoms with E-state index in [1.54, 1.807) is 30.3 Å². The van der Waals surface area contributed by atoms with E-state index in [9.17, 15) is 9.59 Å². The Bertz CT molecular complexity index is 1010. The summed E-state index contributed by atoms with van der Waals surface area (Å²) < 4.78 is 0. The van der Waals surface area contributed by atoms with Gasteiger partial charge < -0.3 is 10.2 Å². The number of amides is 2. The Balaban J connectivity index is 1.31. The normalized spacial score (nSPS) is 14.5. The summed E-state index contributed by atoms with van der Waals surface area (Å²) in [6.45, 7) is 6.25. The summed E-state index contributed by atoms with van der Waals surface area (Å²) in [5.74, 6) is -0.0875. The summed E-state index contributed by atoms with van der Waals surface area (Å²) in [5.41, 5.74) is 3.99. The van der Waals surface area contributed by atoms with E-state index in [2.05, 4.69) is 41.4 Å². The standard InChI is InChI=1S/C24H25N3O2S/c1-18-5-2-3-6-20(18)17-26-12-14-27(15-13-26)24(29)19-8-10-21(11-9-19)25-23(28)22-7-4-16-30-22/h2-11,16H,12-15,17H2,1H3,(H,25,28). The Morgan fingerprint density at radius 3 is 2.33 bits per heavy atom. The van der Waals surface area contributed by atoms with E-state index in [0.29, 0.717) is 16.1 Å². The molecule has 3 aromatic rings. The third-order valence-corrected chi connectivity index (χ3v) is 6.32. The van der Waals surface area contributed by atoms with Crippen molar-refractivity contribution in [2.75, 3.05) is 31.5 Å². The van der Waals surface area contributed by atoms with Crippen molar-refractivity contribution >= 4 is 28.8 Å². The average Bonchev–Trinajstić information content (AvgIpc) is 3.31. The van der Waals surface area contributed by atoms with Crippen molar-refractivity contribution in [1.29, 1.82) is 0 Å². The van der Waals surface area contributed by atoms with Crippen LogP contribution in [0.15, 0.2) is 66.0 Å². The molecule has 1 N–H and O–H groups in total. The van der Waals surface area contributed by atoms with Crippen LogP contribution in [0, 0.1) is 6.92 Å². The predicted molar refractivity (Wildman–Crippen MR) is 121 cm³/mol. The number of thiophene rings is 1. The first-order valence-corrected chi connectivity index (χ1v) is 11.0. The van der Waals surface area contributed by atoms with Gasteiger partial charge in [-0.25, -0.2) is 0 Å². The van der Waals surface area contributed by atoms with E-state index in [0.717, 1.165) is 32.7 Å². The number of nitrogens with zero attached hydrogens (tertiary/aromatic N) is 2. The molecule has 0 radical (unpaired) electrons. The van der Waals surface area contributed by atoms with E-state index in [4.69, 9.17) is 0 Å². The largest absolute Gasteiger partial charge is 0.336 e. The van der Waals surface area contributed by atoms with Gasteiger partial charge in [-0.3, -0.25) is 14.5 Å². The SMILES string of the molecule is Cc1ccccc1CN1CCN(C(=O)c2ccc(NC(=O)c3cccs3)cc2)CC1. The van der Waals surface area contributed by atoms with E-state index in [1.807, 2.05) is 16.3 Å². The third-order valence-electron chi connectivity index (χ3n) is 5.45. The maximum Gasteiger partial charge on any atom is 0.265 e. The molecule has 1 aliphatic rings. The number of nitrogens with one attached hydrogen (secondary N) is 1. The van der Waals surface area contributed by atoms with Crippen molar-refractivity contribution in [3.63, 3.8) is 0 Å². The second-order valence-corrected chi connectivity index (χ2v) is 8.45. The minimum atomic E-state index is -0.131. The third kappa shape index (κ3) is 4.78. The first-order chi connectivity index (χ1) is 14.6. The predicted octanol–water partition coefficient (Wildman–Crippen LogP) is 4.27. The van der Waals surface area contributed by atoms with Crippen molar-refractivity contribution in [2.45, 2.75) is 13.5 Å². The minimum Gasteiger partial charge on any atom is -0.336 e. The lowest BCUT2D eigenvalue weighted by Gasteiger charge is -2.35. The first kappa shape index (κ1) is 20.3. The highest BCUT2D eigenvalue weighted by Gasteiger charge is 2.22. The molecule has 2 aromatic carbocycles. The molecule has 0 atom stereocenters. The maximum atomic E-state index is 12.9. The molecule has 0 unspecified atom stereocenters. The summed E-state index contributed by atoms with van der Waals surface area (Å²) in [6.07, 6.45) is 0. The number of anilines is 1. The van der Waals surface area contributed by atoms with Crippen molar-refractivity contribution < 1.29 is 9.59 Å². The Kier molecular flexibility index (Phi) is 6.26. The highest BCUT2D eigenvalue weighted by Crippen LogP contribution is 2.17. The van der Waals surface area contributed by atoms with Crippen LogP contribution in [-0.2, 0) is 6.54 Å². The number of carbonyl (C=O) groups excluding carboxylic acids is 2. The molecule has 0 bridgehead atoms. The molecule has 2 amide bonds. The molecule has 2 heterocycles. The molecule has 0 spiro atoms. The van der Waals surface area contributed by atoms with Gasteiger partial charge in [-0.1, -0.05) is 30.3 Å². The lowest BCUT2D eigenvalue weighted by atomic mass is 10.1. The van der Waals surface area contributed by atoms with Gasteiger partial charge in [0.2, 0.25) is 0 Å². The Morgan fingerprint density at radius 2 is 1.67 bits per heavy atom. The molecular weight excluding hydrogens is 394 g/mol. The number of rotatable bonds is 5. The number of hydrogen-bond acceptors (Lipinski definition) is 4. The lowest BCUT2D eigenvalue weighted by molar-refractivity contribution is 0.0628. The van der Waals surface area contributed by atoms with Gasteiger partial charge in [-0.2, -0.15) is 0 Å². The highest BCUT2D eigenvalue weighted by molar-refractivity contribution is 7.12. The molecule has 1 saturated heterocycles. The number of piperazine rings is 1. The Labute approximate surface area is 180 Å². The second kappa shape index (κ2) is 9.24. The lowest BCUT2D eigenvalue weighted by Crippen LogP contribution is -2.48. The maximum absolute atomic E-state index is 12.9. The molecule has 1 aliphatic heterocycles.